The van der Waals surface area contributed by atoms with Gasteiger partial charge in [0.15, 0.2) is 5.76 Å². The summed E-state index contributed by atoms with van der Waals surface area (Å²) in [5.41, 5.74) is 7.95. The van der Waals surface area contributed by atoms with Gasteiger partial charge in [0.05, 0.1) is 13.2 Å². The number of benzene rings is 2. The van der Waals surface area contributed by atoms with E-state index in [1.54, 1.807) is 18.2 Å². The van der Waals surface area contributed by atoms with E-state index in [0.29, 0.717) is 13.0 Å². The summed E-state index contributed by atoms with van der Waals surface area (Å²) >= 11 is 0. The number of primary amides is 1. The molecule has 1 heterocycles. The molecule has 3 N–H and O–H groups in total. The van der Waals surface area contributed by atoms with E-state index >= 15 is 0 Å². The summed E-state index contributed by atoms with van der Waals surface area (Å²) in [6, 6.07) is 13.4. The van der Waals surface area contributed by atoms with Crippen LogP contribution in [0.4, 0.5) is 4.39 Å². The van der Waals surface area contributed by atoms with Gasteiger partial charge in [-0.25, -0.2) is 4.39 Å². The van der Waals surface area contributed by atoms with Gasteiger partial charge in [0.25, 0.3) is 5.91 Å². The lowest BCUT2D eigenvalue weighted by atomic mass is 9.93. The molecular weight excluding hydrogens is 337 g/mol. The van der Waals surface area contributed by atoms with Crippen LogP contribution in [-0.2, 0) is 27.5 Å². The molecule has 0 spiro atoms. The van der Waals surface area contributed by atoms with Gasteiger partial charge in [-0.05, 0) is 34.9 Å². The second-order valence-electron chi connectivity index (χ2n) is 6.12. The first-order valence-corrected chi connectivity index (χ1v) is 8.29. The lowest BCUT2D eigenvalue weighted by Crippen LogP contribution is -2.29. The highest BCUT2D eigenvalue weighted by Crippen LogP contribution is 2.31. The predicted octanol–water partition coefficient (Wildman–Crippen LogP) is 2.73. The van der Waals surface area contributed by atoms with Crippen molar-refractivity contribution in [3.05, 3.63) is 82.9 Å². The van der Waals surface area contributed by atoms with Crippen molar-refractivity contribution in [3.8, 4) is 0 Å². The summed E-state index contributed by atoms with van der Waals surface area (Å²) in [5.74, 6) is -1.10. The maximum absolute atomic E-state index is 13.1. The molecule has 1 amide bonds. The van der Waals surface area contributed by atoms with Crippen molar-refractivity contribution in [1.29, 1.82) is 0 Å². The van der Waals surface area contributed by atoms with Gasteiger partial charge in [-0.15, -0.1) is 0 Å². The second-order valence-corrected chi connectivity index (χ2v) is 6.12. The Kier molecular flexibility index (Phi) is 5.65. The van der Waals surface area contributed by atoms with Crippen molar-refractivity contribution < 1.29 is 23.8 Å². The molecule has 0 radical (unpaired) electrons. The van der Waals surface area contributed by atoms with Crippen LogP contribution in [0.1, 0.15) is 29.0 Å². The van der Waals surface area contributed by atoms with Crippen molar-refractivity contribution in [1.82, 2.24) is 0 Å². The molecule has 2 aromatic rings. The molecule has 5 nitrogen and oxygen atoms in total. The quantitative estimate of drug-likeness (QED) is 0.833. The third-order valence-corrected chi connectivity index (χ3v) is 4.24. The summed E-state index contributed by atoms with van der Waals surface area (Å²) in [5, 5.41) is 9.07. The second kappa shape index (κ2) is 8.12. The molecule has 2 atom stereocenters. The number of nitrogens with two attached hydrogens (primary N) is 1. The molecule has 0 unspecified atom stereocenters. The van der Waals surface area contributed by atoms with E-state index in [2.05, 4.69) is 0 Å². The number of aliphatic hydroxyl groups excluding tert-OH is 1. The molecule has 0 aromatic heterocycles. The first-order chi connectivity index (χ1) is 12.5. The van der Waals surface area contributed by atoms with Gasteiger partial charge in [0.1, 0.15) is 5.82 Å². The van der Waals surface area contributed by atoms with Crippen molar-refractivity contribution in [2.45, 2.75) is 31.8 Å². The molecule has 0 bridgehead atoms. The number of ether oxygens (including phenoxy) is 2. The molecule has 26 heavy (non-hydrogen) atoms. The number of amides is 1. The van der Waals surface area contributed by atoms with Crippen LogP contribution in [0.2, 0.25) is 0 Å². The molecule has 3 rings (SSSR count). The lowest BCUT2D eigenvalue weighted by molar-refractivity contribution is -0.148. The van der Waals surface area contributed by atoms with E-state index in [1.165, 1.54) is 12.1 Å². The molecule has 6 heteroatoms. The van der Waals surface area contributed by atoms with Gasteiger partial charge < -0.3 is 20.3 Å². The monoisotopic (exact) mass is 357 g/mol. The molecule has 0 aliphatic carbocycles. The number of halogens is 1. The number of allylic oxidation sites excluding steroid dienone is 1. The average molecular weight is 357 g/mol. The Bertz CT molecular complexity index is 786. The van der Waals surface area contributed by atoms with Crippen LogP contribution in [0, 0.1) is 5.82 Å². The van der Waals surface area contributed by atoms with Crippen molar-refractivity contribution in [2.75, 3.05) is 0 Å². The Morgan fingerprint density at radius 2 is 1.81 bits per heavy atom. The standard InChI is InChI=1S/C20H20FNO4/c21-17-7-5-15(6-8-17)16-9-18(20(22)24)26-19(10-16)25-12-14-3-1-13(11-23)2-4-14/h1-9,16,19,23H,10-12H2,(H2,22,24)/t16-,19+/m1/s1. The maximum atomic E-state index is 13.1. The highest BCUT2D eigenvalue weighted by molar-refractivity contribution is 5.90. The largest absolute Gasteiger partial charge is 0.459 e. The van der Waals surface area contributed by atoms with Crippen molar-refractivity contribution in [2.24, 2.45) is 5.73 Å². The van der Waals surface area contributed by atoms with Gasteiger partial charge in [0.2, 0.25) is 6.29 Å². The predicted molar refractivity (Wildman–Crippen MR) is 93.1 cm³/mol. The molecule has 0 saturated heterocycles. The van der Waals surface area contributed by atoms with Crippen LogP contribution >= 0.6 is 0 Å². The van der Waals surface area contributed by atoms with E-state index in [9.17, 15) is 9.18 Å². The topological polar surface area (TPSA) is 81.8 Å². The van der Waals surface area contributed by atoms with Crippen molar-refractivity contribution in [3.63, 3.8) is 0 Å². The van der Waals surface area contributed by atoms with Crippen LogP contribution < -0.4 is 5.73 Å². The number of carbonyl (C=O) groups is 1. The molecule has 0 fully saturated rings. The van der Waals surface area contributed by atoms with Gasteiger partial charge in [-0.1, -0.05) is 36.4 Å². The zero-order valence-corrected chi connectivity index (χ0v) is 14.1. The lowest BCUT2D eigenvalue weighted by Gasteiger charge is -2.28. The molecule has 1 aliphatic rings. The Morgan fingerprint density at radius 1 is 1.15 bits per heavy atom. The van der Waals surface area contributed by atoms with E-state index in [0.717, 1.165) is 16.7 Å². The van der Waals surface area contributed by atoms with Crippen LogP contribution in [-0.4, -0.2) is 17.3 Å². The number of aliphatic hydroxyl groups is 1. The minimum atomic E-state index is -0.669. The zero-order valence-electron chi connectivity index (χ0n) is 14.1. The number of carbonyl (C=O) groups excluding carboxylic acids is 1. The minimum absolute atomic E-state index is 0.0149. The Hall–Kier alpha value is -2.70. The SMILES string of the molecule is NC(=O)C1=C[C@@H](c2ccc(F)cc2)C[C@@H](OCc2ccc(CO)cc2)O1. The van der Waals surface area contributed by atoms with Crippen LogP contribution in [0.3, 0.4) is 0 Å². The fourth-order valence-electron chi connectivity index (χ4n) is 2.80. The normalized spacial score (nSPS) is 19.5. The number of hydrogen-bond acceptors (Lipinski definition) is 4. The summed E-state index contributed by atoms with van der Waals surface area (Å²) in [6.45, 7) is 0.275. The summed E-state index contributed by atoms with van der Waals surface area (Å²) in [7, 11) is 0. The van der Waals surface area contributed by atoms with Gasteiger partial charge in [-0.3, -0.25) is 4.79 Å². The van der Waals surface area contributed by atoms with Crippen LogP contribution in [0.15, 0.2) is 60.4 Å². The van der Waals surface area contributed by atoms with Crippen LogP contribution in [0.25, 0.3) is 0 Å². The maximum Gasteiger partial charge on any atom is 0.283 e. The number of hydrogen-bond donors (Lipinski definition) is 2. The Labute approximate surface area is 150 Å². The molecule has 136 valence electrons. The van der Waals surface area contributed by atoms with Gasteiger partial charge in [-0.2, -0.15) is 0 Å². The van der Waals surface area contributed by atoms with Gasteiger partial charge in [0, 0.05) is 12.3 Å². The first-order valence-electron chi connectivity index (χ1n) is 8.29. The summed E-state index contributed by atoms with van der Waals surface area (Å²) in [4.78, 5) is 11.6. The fourth-order valence-corrected chi connectivity index (χ4v) is 2.80. The summed E-state index contributed by atoms with van der Waals surface area (Å²) < 4.78 is 24.5. The van der Waals surface area contributed by atoms with E-state index in [-0.39, 0.29) is 24.1 Å². The van der Waals surface area contributed by atoms with E-state index < -0.39 is 12.2 Å². The molecule has 1 aliphatic heterocycles. The smallest absolute Gasteiger partial charge is 0.283 e. The van der Waals surface area contributed by atoms with Gasteiger partial charge >= 0.3 is 0 Å². The highest BCUT2D eigenvalue weighted by Gasteiger charge is 2.27. The third kappa shape index (κ3) is 4.47. The molecule has 0 saturated carbocycles. The van der Waals surface area contributed by atoms with Crippen molar-refractivity contribution >= 4 is 5.91 Å². The highest BCUT2D eigenvalue weighted by atomic mass is 19.1. The Balaban J connectivity index is 1.70. The van der Waals surface area contributed by atoms with Crippen LogP contribution in [0.5, 0.6) is 0 Å². The molecule has 2 aromatic carbocycles. The first kappa shape index (κ1) is 18.1. The number of rotatable bonds is 6. The Morgan fingerprint density at radius 3 is 2.42 bits per heavy atom. The zero-order chi connectivity index (χ0) is 18.5. The fraction of sp³-hybridized carbons (Fsp3) is 0.250. The van der Waals surface area contributed by atoms with E-state index in [1.807, 2.05) is 24.3 Å². The average Bonchev–Trinajstić information content (AvgIpc) is 2.67. The summed E-state index contributed by atoms with van der Waals surface area (Å²) in [6.07, 6.45) is 1.48. The molecular formula is C20H20FNO4. The minimum Gasteiger partial charge on any atom is -0.459 e. The van der Waals surface area contributed by atoms with E-state index in [4.69, 9.17) is 20.3 Å². The third-order valence-electron chi connectivity index (χ3n) is 4.24.